The molecule has 0 radical (unpaired) electrons. The van der Waals surface area contributed by atoms with Gasteiger partial charge in [-0.05, 0) is 49.9 Å². The van der Waals surface area contributed by atoms with Gasteiger partial charge in [0, 0.05) is 11.1 Å². The Bertz CT molecular complexity index is 416. The Balaban J connectivity index is 1.78. The second kappa shape index (κ2) is 4.75. The van der Waals surface area contributed by atoms with Crippen LogP contribution < -0.4 is 14.8 Å². The molecule has 0 aliphatic carbocycles. The first-order chi connectivity index (χ1) is 8.33. The van der Waals surface area contributed by atoms with Gasteiger partial charge >= 0.3 is 0 Å². The summed E-state index contributed by atoms with van der Waals surface area (Å²) in [5.74, 6) is 2.27. The lowest BCUT2D eigenvalue weighted by atomic mass is 9.92. The first-order valence-corrected chi connectivity index (χ1v) is 6.49. The predicted octanol–water partition coefficient (Wildman–Crippen LogP) is 2.61. The molecule has 17 heavy (non-hydrogen) atoms. The SMILES string of the molecule is Clc1cc2c(cc1CC1CCCNC1)OCO2. The lowest BCUT2D eigenvalue weighted by Crippen LogP contribution is -2.30. The smallest absolute Gasteiger partial charge is 0.231 e. The van der Waals surface area contributed by atoms with E-state index >= 15 is 0 Å². The third-order valence-electron chi connectivity index (χ3n) is 3.45. The maximum absolute atomic E-state index is 6.27. The van der Waals surface area contributed by atoms with Gasteiger partial charge in [-0.3, -0.25) is 0 Å². The van der Waals surface area contributed by atoms with E-state index < -0.39 is 0 Å². The molecule has 3 rings (SSSR count). The normalized spacial score (nSPS) is 22.8. The molecule has 0 spiro atoms. The molecular formula is C13H16ClNO2. The quantitative estimate of drug-likeness (QED) is 0.879. The van der Waals surface area contributed by atoms with Gasteiger partial charge in [-0.1, -0.05) is 11.6 Å². The third kappa shape index (κ3) is 2.35. The average Bonchev–Trinajstić information content (AvgIpc) is 2.78. The highest BCUT2D eigenvalue weighted by atomic mass is 35.5. The minimum absolute atomic E-state index is 0.306. The van der Waals surface area contributed by atoms with Crippen LogP contribution in [-0.4, -0.2) is 19.9 Å². The molecule has 1 saturated heterocycles. The van der Waals surface area contributed by atoms with Crippen molar-refractivity contribution < 1.29 is 9.47 Å². The molecule has 1 aromatic carbocycles. The first kappa shape index (κ1) is 11.2. The molecule has 0 amide bonds. The molecule has 0 aromatic heterocycles. The standard InChI is InChI=1S/C13H16ClNO2/c14-11-6-13-12(16-8-17-13)5-10(11)4-9-2-1-3-15-7-9/h5-6,9,15H,1-4,7-8H2. The molecule has 4 heteroatoms. The number of hydrogen-bond donors (Lipinski definition) is 1. The van der Waals surface area contributed by atoms with E-state index in [4.69, 9.17) is 21.1 Å². The van der Waals surface area contributed by atoms with Gasteiger partial charge < -0.3 is 14.8 Å². The van der Waals surface area contributed by atoms with Gasteiger partial charge in [-0.15, -0.1) is 0 Å². The number of piperidine rings is 1. The van der Waals surface area contributed by atoms with Crippen LogP contribution in [0.25, 0.3) is 0 Å². The molecule has 1 N–H and O–H groups in total. The van der Waals surface area contributed by atoms with Crippen molar-refractivity contribution in [2.75, 3.05) is 19.9 Å². The highest BCUT2D eigenvalue weighted by molar-refractivity contribution is 6.31. The van der Waals surface area contributed by atoms with E-state index in [-0.39, 0.29) is 0 Å². The third-order valence-corrected chi connectivity index (χ3v) is 3.80. The zero-order valence-corrected chi connectivity index (χ0v) is 10.4. The number of fused-ring (bicyclic) bond motifs is 1. The van der Waals surface area contributed by atoms with Gasteiger partial charge in [0.15, 0.2) is 11.5 Å². The van der Waals surface area contributed by atoms with E-state index in [1.165, 1.54) is 18.4 Å². The van der Waals surface area contributed by atoms with Gasteiger partial charge in [-0.25, -0.2) is 0 Å². The van der Waals surface area contributed by atoms with Gasteiger partial charge in [-0.2, -0.15) is 0 Å². The van der Waals surface area contributed by atoms with Crippen LogP contribution in [0.4, 0.5) is 0 Å². The largest absolute Gasteiger partial charge is 0.454 e. The highest BCUT2D eigenvalue weighted by Crippen LogP contribution is 2.37. The summed E-state index contributed by atoms with van der Waals surface area (Å²) in [6, 6.07) is 3.90. The fourth-order valence-electron chi connectivity index (χ4n) is 2.52. The maximum atomic E-state index is 6.27. The van der Waals surface area contributed by atoms with Gasteiger partial charge in [0.25, 0.3) is 0 Å². The van der Waals surface area contributed by atoms with Gasteiger partial charge in [0.1, 0.15) is 0 Å². The average molecular weight is 254 g/mol. The Morgan fingerprint density at radius 2 is 2.12 bits per heavy atom. The predicted molar refractivity (Wildman–Crippen MR) is 66.9 cm³/mol. The molecule has 1 unspecified atom stereocenters. The lowest BCUT2D eigenvalue weighted by Gasteiger charge is -2.23. The second-order valence-corrected chi connectivity index (χ2v) is 5.12. The van der Waals surface area contributed by atoms with Crippen LogP contribution in [0, 0.1) is 5.92 Å². The van der Waals surface area contributed by atoms with Crippen LogP contribution in [0.3, 0.4) is 0 Å². The van der Waals surface area contributed by atoms with E-state index in [1.807, 2.05) is 12.1 Å². The summed E-state index contributed by atoms with van der Waals surface area (Å²) in [5.41, 5.74) is 1.17. The number of nitrogens with one attached hydrogen (secondary N) is 1. The zero-order valence-electron chi connectivity index (χ0n) is 9.67. The van der Waals surface area contributed by atoms with Crippen molar-refractivity contribution in [3.8, 4) is 11.5 Å². The molecule has 0 saturated carbocycles. The Morgan fingerprint density at radius 3 is 2.88 bits per heavy atom. The fraction of sp³-hybridized carbons (Fsp3) is 0.538. The van der Waals surface area contributed by atoms with Crippen molar-refractivity contribution in [2.24, 2.45) is 5.92 Å². The van der Waals surface area contributed by atoms with E-state index in [0.29, 0.717) is 12.7 Å². The number of rotatable bonds is 2. The number of ether oxygens (including phenoxy) is 2. The van der Waals surface area contributed by atoms with Crippen molar-refractivity contribution in [3.63, 3.8) is 0 Å². The minimum atomic E-state index is 0.306. The summed E-state index contributed by atoms with van der Waals surface area (Å²) in [4.78, 5) is 0. The number of benzene rings is 1. The van der Waals surface area contributed by atoms with Crippen LogP contribution in [0.15, 0.2) is 12.1 Å². The monoisotopic (exact) mass is 253 g/mol. The summed E-state index contributed by atoms with van der Waals surface area (Å²) >= 11 is 6.27. The van der Waals surface area contributed by atoms with Crippen LogP contribution in [0.1, 0.15) is 18.4 Å². The summed E-state index contributed by atoms with van der Waals surface area (Å²) < 4.78 is 10.7. The van der Waals surface area contributed by atoms with E-state index in [9.17, 15) is 0 Å². The fourth-order valence-corrected chi connectivity index (χ4v) is 2.76. The van der Waals surface area contributed by atoms with Crippen molar-refractivity contribution in [2.45, 2.75) is 19.3 Å². The number of halogens is 1. The maximum Gasteiger partial charge on any atom is 0.231 e. The molecule has 1 atom stereocenters. The molecular weight excluding hydrogens is 238 g/mol. The van der Waals surface area contributed by atoms with Crippen LogP contribution in [-0.2, 0) is 6.42 Å². The molecule has 1 aromatic rings. The molecule has 1 fully saturated rings. The Hall–Kier alpha value is -0.930. The Kier molecular flexibility index (Phi) is 3.12. The van der Waals surface area contributed by atoms with Crippen LogP contribution in [0.5, 0.6) is 11.5 Å². The van der Waals surface area contributed by atoms with Gasteiger partial charge in [0.2, 0.25) is 6.79 Å². The second-order valence-electron chi connectivity index (χ2n) is 4.71. The van der Waals surface area contributed by atoms with Crippen LogP contribution in [0.2, 0.25) is 5.02 Å². The zero-order chi connectivity index (χ0) is 11.7. The van der Waals surface area contributed by atoms with E-state index in [1.54, 1.807) is 0 Å². The van der Waals surface area contributed by atoms with Crippen molar-refractivity contribution >= 4 is 11.6 Å². The summed E-state index contributed by atoms with van der Waals surface area (Å²) in [6.07, 6.45) is 3.55. The Labute approximate surface area is 106 Å². The molecule has 2 heterocycles. The van der Waals surface area contributed by atoms with Gasteiger partial charge in [0.05, 0.1) is 0 Å². The van der Waals surface area contributed by atoms with E-state index in [0.717, 1.165) is 36.0 Å². The molecule has 2 aliphatic rings. The molecule has 0 bridgehead atoms. The minimum Gasteiger partial charge on any atom is -0.454 e. The first-order valence-electron chi connectivity index (χ1n) is 6.11. The van der Waals surface area contributed by atoms with Crippen molar-refractivity contribution in [3.05, 3.63) is 22.7 Å². The summed E-state index contributed by atoms with van der Waals surface area (Å²) in [5, 5.41) is 4.22. The topological polar surface area (TPSA) is 30.5 Å². The van der Waals surface area contributed by atoms with Crippen LogP contribution >= 0.6 is 11.6 Å². The number of hydrogen-bond acceptors (Lipinski definition) is 3. The molecule has 92 valence electrons. The van der Waals surface area contributed by atoms with E-state index in [2.05, 4.69) is 5.32 Å². The lowest BCUT2D eigenvalue weighted by molar-refractivity contribution is 0.174. The summed E-state index contributed by atoms with van der Waals surface area (Å²) in [7, 11) is 0. The summed E-state index contributed by atoms with van der Waals surface area (Å²) in [6.45, 7) is 2.54. The molecule has 2 aliphatic heterocycles. The highest BCUT2D eigenvalue weighted by Gasteiger charge is 2.19. The molecule has 3 nitrogen and oxygen atoms in total. The van der Waals surface area contributed by atoms with Crippen molar-refractivity contribution in [1.29, 1.82) is 0 Å². The van der Waals surface area contributed by atoms with Crippen molar-refractivity contribution in [1.82, 2.24) is 5.32 Å². The Morgan fingerprint density at radius 1 is 1.29 bits per heavy atom.